The first-order valence-corrected chi connectivity index (χ1v) is 8.81. The summed E-state index contributed by atoms with van der Waals surface area (Å²) in [4.78, 5) is 10.1. The molecule has 23 heavy (non-hydrogen) atoms. The van der Waals surface area contributed by atoms with E-state index in [2.05, 4.69) is 69.2 Å². The average molecular weight is 315 g/mol. The van der Waals surface area contributed by atoms with Crippen molar-refractivity contribution >= 4 is 11.4 Å². The van der Waals surface area contributed by atoms with E-state index in [0.717, 1.165) is 18.6 Å². The van der Waals surface area contributed by atoms with Gasteiger partial charge in [-0.1, -0.05) is 19.4 Å². The van der Waals surface area contributed by atoms with E-state index in [1.54, 1.807) is 0 Å². The van der Waals surface area contributed by atoms with Gasteiger partial charge < -0.3 is 0 Å². The molecule has 0 radical (unpaired) electrons. The second-order valence-corrected chi connectivity index (χ2v) is 9.12. The maximum Gasteiger partial charge on any atom is 0.0773 e. The van der Waals surface area contributed by atoms with Crippen molar-refractivity contribution in [3.05, 3.63) is 22.3 Å². The molecule has 1 aliphatic heterocycles. The van der Waals surface area contributed by atoms with E-state index in [1.165, 1.54) is 28.0 Å². The van der Waals surface area contributed by atoms with Crippen LogP contribution in [0.3, 0.4) is 0 Å². The number of nitrogens with zero attached hydrogens (tertiary/aromatic N) is 2. The molecule has 0 bridgehead atoms. The summed E-state index contributed by atoms with van der Waals surface area (Å²) in [6.07, 6.45) is 2.07. The van der Waals surface area contributed by atoms with Crippen LogP contribution in [0.25, 0.3) is 0 Å². The summed E-state index contributed by atoms with van der Waals surface area (Å²) in [7, 11) is 0. The molecule has 0 aromatic heterocycles. The van der Waals surface area contributed by atoms with Crippen molar-refractivity contribution in [3.8, 4) is 0 Å². The number of allylic oxidation sites excluding steroid dienone is 3. The van der Waals surface area contributed by atoms with Gasteiger partial charge in [0.25, 0.3) is 0 Å². The van der Waals surface area contributed by atoms with Crippen LogP contribution in [0.1, 0.15) is 82.1 Å². The molecule has 2 nitrogen and oxygen atoms in total. The number of hydrogen-bond acceptors (Lipinski definition) is 2. The molecule has 0 spiro atoms. The smallest absolute Gasteiger partial charge is 0.0773 e. The van der Waals surface area contributed by atoms with Gasteiger partial charge in [0.1, 0.15) is 0 Å². The molecule has 128 valence electrons. The Kier molecular flexibility index (Phi) is 4.29. The molecule has 0 fully saturated rings. The Hall–Kier alpha value is -1.18. The molecule has 0 saturated carbocycles. The highest BCUT2D eigenvalue weighted by Gasteiger charge is 2.43. The molecule has 0 aromatic carbocycles. The molecular formula is C21H34N2. The lowest BCUT2D eigenvalue weighted by atomic mass is 9.74. The van der Waals surface area contributed by atoms with Gasteiger partial charge in [-0.15, -0.1) is 0 Å². The van der Waals surface area contributed by atoms with Gasteiger partial charge in [-0.3, -0.25) is 9.98 Å². The number of rotatable bonds is 3. The van der Waals surface area contributed by atoms with Crippen molar-refractivity contribution in [1.29, 1.82) is 0 Å². The summed E-state index contributed by atoms with van der Waals surface area (Å²) in [5, 5.41) is 0. The summed E-state index contributed by atoms with van der Waals surface area (Å²) < 4.78 is 0. The van der Waals surface area contributed by atoms with E-state index >= 15 is 0 Å². The van der Waals surface area contributed by atoms with E-state index < -0.39 is 0 Å². The minimum Gasteiger partial charge on any atom is -0.281 e. The van der Waals surface area contributed by atoms with Gasteiger partial charge in [-0.25, -0.2) is 0 Å². The molecule has 1 heterocycles. The van der Waals surface area contributed by atoms with E-state index in [1.807, 2.05) is 0 Å². The fraction of sp³-hybridized carbons (Fsp3) is 0.714. The summed E-state index contributed by atoms with van der Waals surface area (Å²) in [5.41, 5.74) is 8.14. The van der Waals surface area contributed by atoms with Crippen molar-refractivity contribution in [2.24, 2.45) is 15.4 Å². The monoisotopic (exact) mass is 314 g/mol. The van der Waals surface area contributed by atoms with E-state index in [4.69, 9.17) is 9.98 Å². The first kappa shape index (κ1) is 18.2. The molecule has 2 rings (SSSR count). The first-order valence-electron chi connectivity index (χ1n) is 8.81. The van der Waals surface area contributed by atoms with Crippen LogP contribution in [0.15, 0.2) is 32.3 Å². The molecule has 0 atom stereocenters. The molecule has 0 amide bonds. The van der Waals surface area contributed by atoms with Gasteiger partial charge in [-0.05, 0) is 90.4 Å². The van der Waals surface area contributed by atoms with Crippen LogP contribution in [0, 0.1) is 5.41 Å². The van der Waals surface area contributed by atoms with Gasteiger partial charge in [-0.2, -0.15) is 0 Å². The van der Waals surface area contributed by atoms with Crippen LogP contribution in [0.4, 0.5) is 0 Å². The highest BCUT2D eigenvalue weighted by atomic mass is 15.0. The van der Waals surface area contributed by atoms with E-state index in [0.29, 0.717) is 0 Å². The Balaban J connectivity index is 2.32. The van der Waals surface area contributed by atoms with Crippen LogP contribution in [-0.4, -0.2) is 22.5 Å². The second kappa shape index (κ2) is 5.43. The zero-order valence-corrected chi connectivity index (χ0v) is 16.8. The summed E-state index contributed by atoms with van der Waals surface area (Å²) in [6, 6.07) is 0. The second-order valence-electron chi connectivity index (χ2n) is 9.12. The average Bonchev–Trinajstić information content (AvgIpc) is 2.77. The van der Waals surface area contributed by atoms with Crippen LogP contribution < -0.4 is 0 Å². The third-order valence-electron chi connectivity index (χ3n) is 6.38. The molecule has 0 unspecified atom stereocenters. The van der Waals surface area contributed by atoms with Crippen molar-refractivity contribution in [2.75, 3.05) is 0 Å². The third-order valence-corrected chi connectivity index (χ3v) is 6.38. The van der Waals surface area contributed by atoms with Gasteiger partial charge in [0.2, 0.25) is 0 Å². The molecular weight excluding hydrogens is 280 g/mol. The lowest BCUT2D eigenvalue weighted by Crippen LogP contribution is -2.33. The predicted molar refractivity (Wildman–Crippen MR) is 103 cm³/mol. The van der Waals surface area contributed by atoms with Crippen LogP contribution in [0.5, 0.6) is 0 Å². The van der Waals surface area contributed by atoms with Crippen molar-refractivity contribution in [2.45, 2.75) is 93.2 Å². The Morgan fingerprint density at radius 1 is 1.04 bits per heavy atom. The van der Waals surface area contributed by atoms with Gasteiger partial charge in [0.15, 0.2) is 0 Å². The minimum atomic E-state index is -0.160. The lowest BCUT2D eigenvalue weighted by Gasteiger charge is -2.32. The van der Waals surface area contributed by atoms with Gasteiger partial charge >= 0.3 is 0 Å². The zero-order chi connectivity index (χ0) is 17.8. The SMILES string of the molecule is CC(=NC(C)(C)C1=C(C)C(C)=C(C)C1)C1=NC(C)(C)C(C)(C)C1. The van der Waals surface area contributed by atoms with Crippen molar-refractivity contribution in [3.63, 3.8) is 0 Å². The molecule has 0 aromatic rings. The largest absolute Gasteiger partial charge is 0.281 e. The number of aliphatic imine (C=N–C) groups is 2. The fourth-order valence-electron chi connectivity index (χ4n) is 3.68. The van der Waals surface area contributed by atoms with Gasteiger partial charge in [0, 0.05) is 0 Å². The maximum absolute atomic E-state index is 5.12. The number of hydrogen-bond donors (Lipinski definition) is 0. The Morgan fingerprint density at radius 2 is 1.61 bits per heavy atom. The molecule has 2 aliphatic rings. The van der Waals surface area contributed by atoms with Crippen LogP contribution in [-0.2, 0) is 0 Å². The van der Waals surface area contributed by atoms with Crippen molar-refractivity contribution in [1.82, 2.24) is 0 Å². The van der Waals surface area contributed by atoms with Crippen LogP contribution >= 0.6 is 0 Å². The topological polar surface area (TPSA) is 24.7 Å². The summed E-state index contributed by atoms with van der Waals surface area (Å²) in [5.74, 6) is 0. The first-order chi connectivity index (χ1) is 10.3. The quantitative estimate of drug-likeness (QED) is 0.577. The maximum atomic E-state index is 5.12. The highest BCUT2D eigenvalue weighted by Crippen LogP contribution is 2.43. The van der Waals surface area contributed by atoms with Crippen molar-refractivity contribution < 1.29 is 0 Å². The van der Waals surface area contributed by atoms with Crippen LogP contribution in [0.2, 0.25) is 0 Å². The molecule has 0 saturated heterocycles. The standard InChI is InChI=1S/C21H34N2/c1-13-11-17(15(3)14(13)2)20(7,8)22-16(4)18-12-19(5,6)21(9,10)23-18/h11-12H2,1-10H3. The normalized spacial score (nSPS) is 24.6. The summed E-state index contributed by atoms with van der Waals surface area (Å²) in [6.45, 7) is 22.4. The third kappa shape index (κ3) is 3.09. The van der Waals surface area contributed by atoms with Gasteiger partial charge in [0.05, 0.1) is 22.5 Å². The fourth-order valence-corrected chi connectivity index (χ4v) is 3.68. The van der Waals surface area contributed by atoms with E-state index in [9.17, 15) is 0 Å². The molecule has 1 aliphatic carbocycles. The molecule has 0 N–H and O–H groups in total. The Morgan fingerprint density at radius 3 is 2.00 bits per heavy atom. The Labute approximate surface area is 142 Å². The summed E-state index contributed by atoms with van der Waals surface area (Å²) >= 11 is 0. The van der Waals surface area contributed by atoms with E-state index in [-0.39, 0.29) is 16.5 Å². The molecule has 2 heteroatoms. The predicted octanol–water partition coefficient (Wildman–Crippen LogP) is 5.93. The lowest BCUT2D eigenvalue weighted by molar-refractivity contribution is 0.238. The Bertz CT molecular complexity index is 649. The highest BCUT2D eigenvalue weighted by molar-refractivity contribution is 6.42. The zero-order valence-electron chi connectivity index (χ0n) is 16.8. The minimum absolute atomic E-state index is 0.0134.